The first kappa shape index (κ1) is 12.3. The molecule has 5 nitrogen and oxygen atoms in total. The second-order valence-electron chi connectivity index (χ2n) is 4.08. The van der Waals surface area contributed by atoms with Crippen LogP contribution in [-0.4, -0.2) is 46.3 Å². The Morgan fingerprint density at radius 1 is 1.35 bits per heavy atom. The smallest absolute Gasteiger partial charge is 0.255 e. The minimum absolute atomic E-state index is 0.140. The molecule has 0 unspecified atom stereocenters. The van der Waals surface area contributed by atoms with Crippen LogP contribution in [0.5, 0.6) is 0 Å². The molecule has 0 bridgehead atoms. The quantitative estimate of drug-likeness (QED) is 0.647. The zero-order chi connectivity index (χ0) is 12.6. The Labute approximate surface area is 107 Å². The molecule has 1 heterocycles. The molecule has 1 aromatic rings. The third-order valence-corrected chi connectivity index (χ3v) is 3.46. The van der Waals surface area contributed by atoms with Gasteiger partial charge in [0, 0.05) is 23.2 Å². The number of anilines is 1. The van der Waals surface area contributed by atoms with E-state index in [-0.39, 0.29) is 19.0 Å². The molecule has 1 aliphatic heterocycles. The van der Waals surface area contributed by atoms with Crippen LogP contribution < -0.4 is 5.73 Å². The van der Waals surface area contributed by atoms with E-state index in [1.807, 2.05) is 0 Å². The average Bonchev–Trinajstić information content (AvgIpc) is 2.62. The number of nitrogens with two attached hydrogens (primary N) is 1. The third-order valence-electron chi connectivity index (χ3n) is 2.77. The predicted molar refractivity (Wildman–Crippen MR) is 66.5 cm³/mol. The van der Waals surface area contributed by atoms with E-state index >= 15 is 0 Å². The van der Waals surface area contributed by atoms with Crippen LogP contribution in [0.15, 0.2) is 22.7 Å². The van der Waals surface area contributed by atoms with Gasteiger partial charge in [0.25, 0.3) is 5.91 Å². The van der Waals surface area contributed by atoms with Crippen LogP contribution in [0.1, 0.15) is 10.4 Å². The Morgan fingerprint density at radius 2 is 1.94 bits per heavy atom. The number of amides is 1. The first-order valence-electron chi connectivity index (χ1n) is 5.19. The number of likely N-dealkylation sites (tertiary alicyclic amines) is 1. The second-order valence-corrected chi connectivity index (χ2v) is 4.94. The number of rotatable bonds is 1. The highest BCUT2D eigenvalue weighted by Gasteiger charge is 2.33. The normalized spacial score (nSPS) is 24.1. The van der Waals surface area contributed by atoms with Crippen LogP contribution in [0.3, 0.4) is 0 Å². The van der Waals surface area contributed by atoms with Gasteiger partial charge in [-0.25, -0.2) is 0 Å². The molecule has 1 aliphatic rings. The number of carbonyl (C=O) groups is 1. The highest BCUT2D eigenvalue weighted by Crippen LogP contribution is 2.23. The molecule has 1 aromatic carbocycles. The number of halogens is 1. The van der Waals surface area contributed by atoms with Gasteiger partial charge in [0.05, 0.1) is 17.8 Å². The van der Waals surface area contributed by atoms with Crippen molar-refractivity contribution in [2.24, 2.45) is 0 Å². The van der Waals surface area contributed by atoms with Crippen LogP contribution in [0.2, 0.25) is 0 Å². The van der Waals surface area contributed by atoms with Gasteiger partial charge >= 0.3 is 0 Å². The number of nitrogen functional groups attached to an aromatic ring is 1. The van der Waals surface area contributed by atoms with Crippen molar-refractivity contribution >= 4 is 27.5 Å². The van der Waals surface area contributed by atoms with Gasteiger partial charge in [-0.3, -0.25) is 4.79 Å². The van der Waals surface area contributed by atoms with Crippen LogP contribution in [-0.2, 0) is 0 Å². The number of carbonyl (C=O) groups excluding carboxylic acids is 1. The summed E-state index contributed by atoms with van der Waals surface area (Å²) in [5, 5.41) is 18.8. The number of aliphatic hydroxyl groups excluding tert-OH is 2. The number of hydrogen-bond acceptors (Lipinski definition) is 4. The second kappa shape index (κ2) is 4.64. The number of nitrogens with zero attached hydrogens (tertiary/aromatic N) is 1. The van der Waals surface area contributed by atoms with Gasteiger partial charge in [-0.2, -0.15) is 0 Å². The van der Waals surface area contributed by atoms with Crippen molar-refractivity contribution in [3.8, 4) is 0 Å². The maximum Gasteiger partial charge on any atom is 0.255 e. The summed E-state index contributed by atoms with van der Waals surface area (Å²) in [5.74, 6) is -0.250. The summed E-state index contributed by atoms with van der Waals surface area (Å²) in [5.41, 5.74) is 6.56. The molecule has 0 radical (unpaired) electrons. The lowest BCUT2D eigenvalue weighted by molar-refractivity contribution is 0.0572. The van der Waals surface area contributed by atoms with Crippen molar-refractivity contribution in [1.82, 2.24) is 4.90 Å². The maximum absolute atomic E-state index is 12.1. The molecule has 1 amide bonds. The minimum Gasteiger partial charge on any atom is -0.399 e. The van der Waals surface area contributed by atoms with Crippen LogP contribution in [0.25, 0.3) is 0 Å². The fourth-order valence-corrected chi connectivity index (χ4v) is 2.23. The average molecular weight is 301 g/mol. The molecule has 0 aliphatic carbocycles. The lowest BCUT2D eigenvalue weighted by Gasteiger charge is -2.16. The van der Waals surface area contributed by atoms with E-state index in [9.17, 15) is 15.0 Å². The molecule has 2 rings (SSSR count). The topological polar surface area (TPSA) is 86.8 Å². The van der Waals surface area contributed by atoms with Crippen molar-refractivity contribution in [3.63, 3.8) is 0 Å². The van der Waals surface area contributed by atoms with Crippen molar-refractivity contribution in [1.29, 1.82) is 0 Å². The molecular formula is C11H13BrN2O3. The number of benzene rings is 1. The zero-order valence-electron chi connectivity index (χ0n) is 9.01. The minimum atomic E-state index is -0.876. The van der Waals surface area contributed by atoms with Crippen molar-refractivity contribution in [2.75, 3.05) is 18.8 Å². The van der Waals surface area contributed by atoms with Crippen molar-refractivity contribution in [2.45, 2.75) is 12.2 Å². The van der Waals surface area contributed by atoms with Crippen LogP contribution >= 0.6 is 15.9 Å². The molecule has 2 atom stereocenters. The van der Waals surface area contributed by atoms with E-state index in [1.54, 1.807) is 18.2 Å². The molecule has 1 fully saturated rings. The van der Waals surface area contributed by atoms with E-state index < -0.39 is 12.2 Å². The number of β-amino-alcohol motifs (C(OH)–C–C–N with tert-alkyl or cyclic N) is 2. The van der Waals surface area contributed by atoms with Gasteiger partial charge in [-0.1, -0.05) is 0 Å². The fourth-order valence-electron chi connectivity index (χ4n) is 1.81. The fraction of sp³-hybridized carbons (Fsp3) is 0.364. The van der Waals surface area contributed by atoms with Gasteiger partial charge in [0.1, 0.15) is 0 Å². The molecule has 4 N–H and O–H groups in total. The van der Waals surface area contributed by atoms with Gasteiger partial charge in [0.2, 0.25) is 0 Å². The largest absolute Gasteiger partial charge is 0.399 e. The summed E-state index contributed by atoms with van der Waals surface area (Å²) >= 11 is 3.28. The molecule has 0 aromatic heterocycles. The van der Waals surface area contributed by atoms with E-state index in [1.165, 1.54) is 4.90 Å². The Bertz CT molecular complexity index is 442. The highest BCUT2D eigenvalue weighted by molar-refractivity contribution is 9.10. The van der Waals surface area contributed by atoms with E-state index in [2.05, 4.69) is 15.9 Å². The van der Waals surface area contributed by atoms with Gasteiger partial charge in [-0.05, 0) is 34.1 Å². The van der Waals surface area contributed by atoms with Crippen molar-refractivity contribution < 1.29 is 15.0 Å². The Balaban J connectivity index is 2.23. The van der Waals surface area contributed by atoms with E-state index in [0.29, 0.717) is 15.7 Å². The molecular weight excluding hydrogens is 288 g/mol. The molecule has 92 valence electrons. The Hall–Kier alpha value is -1.11. The molecule has 0 spiro atoms. The van der Waals surface area contributed by atoms with Crippen LogP contribution in [0, 0.1) is 0 Å². The number of aliphatic hydroxyl groups is 2. The van der Waals surface area contributed by atoms with E-state index in [4.69, 9.17) is 5.73 Å². The first-order chi connectivity index (χ1) is 7.99. The molecule has 0 saturated carbocycles. The maximum atomic E-state index is 12.1. The lowest BCUT2D eigenvalue weighted by atomic mass is 10.2. The monoisotopic (exact) mass is 300 g/mol. The summed E-state index contributed by atoms with van der Waals surface area (Å²) in [6.07, 6.45) is -1.75. The summed E-state index contributed by atoms with van der Waals surface area (Å²) in [4.78, 5) is 13.5. The first-order valence-corrected chi connectivity index (χ1v) is 5.99. The SMILES string of the molecule is Nc1ccc(Br)c(C(=O)N2C[C@@H](O)[C@@H](O)C2)c1. The van der Waals surface area contributed by atoms with Gasteiger partial charge in [-0.15, -0.1) is 0 Å². The summed E-state index contributed by atoms with van der Waals surface area (Å²) < 4.78 is 0.646. The third kappa shape index (κ3) is 2.43. The Kier molecular flexibility index (Phi) is 3.37. The van der Waals surface area contributed by atoms with Gasteiger partial charge < -0.3 is 20.8 Å². The van der Waals surface area contributed by atoms with Crippen LogP contribution in [0.4, 0.5) is 5.69 Å². The predicted octanol–water partition coefficient (Wildman–Crippen LogP) is 0.209. The van der Waals surface area contributed by atoms with Crippen molar-refractivity contribution in [3.05, 3.63) is 28.2 Å². The summed E-state index contributed by atoms with van der Waals surface area (Å²) in [6.45, 7) is 0.280. The van der Waals surface area contributed by atoms with Gasteiger partial charge in [0.15, 0.2) is 0 Å². The zero-order valence-corrected chi connectivity index (χ0v) is 10.6. The summed E-state index contributed by atoms with van der Waals surface area (Å²) in [6, 6.07) is 4.96. The number of hydrogen-bond donors (Lipinski definition) is 3. The molecule has 17 heavy (non-hydrogen) atoms. The summed E-state index contributed by atoms with van der Waals surface area (Å²) in [7, 11) is 0. The lowest BCUT2D eigenvalue weighted by Crippen LogP contribution is -2.30. The Morgan fingerprint density at radius 3 is 2.53 bits per heavy atom. The standard InChI is InChI=1S/C11H13BrN2O3/c12-8-2-1-6(13)3-7(8)11(17)14-4-9(15)10(16)5-14/h1-3,9-10,15-16H,4-5,13H2/t9-,10+. The molecule has 1 saturated heterocycles. The highest BCUT2D eigenvalue weighted by atomic mass is 79.9. The van der Waals surface area contributed by atoms with E-state index in [0.717, 1.165) is 0 Å². The molecule has 6 heteroatoms.